The Labute approximate surface area is 188 Å². The van der Waals surface area contributed by atoms with E-state index in [0.29, 0.717) is 6.54 Å². The first-order valence-corrected chi connectivity index (χ1v) is 11.1. The third kappa shape index (κ3) is 16.3. The van der Waals surface area contributed by atoms with Crippen molar-refractivity contribution in [3.63, 3.8) is 0 Å². The summed E-state index contributed by atoms with van der Waals surface area (Å²) in [5.41, 5.74) is -1.37. The molecule has 1 unspecified atom stereocenters. The molecule has 0 aliphatic carbocycles. The molecule has 3 amide bonds. The molecule has 0 aromatic carbocycles. The van der Waals surface area contributed by atoms with Crippen molar-refractivity contribution in [3.05, 3.63) is 0 Å². The lowest BCUT2D eigenvalue weighted by Gasteiger charge is -2.30. The van der Waals surface area contributed by atoms with Crippen molar-refractivity contribution in [1.82, 2.24) is 16.0 Å². The highest BCUT2D eigenvalue weighted by atomic mass is 16.6. The summed E-state index contributed by atoms with van der Waals surface area (Å²) in [5.74, 6) is -0.388. The van der Waals surface area contributed by atoms with Crippen LogP contribution in [0, 0.1) is 0 Å². The molecule has 3 N–H and O–H groups in total. The summed E-state index contributed by atoms with van der Waals surface area (Å²) < 4.78 is 11.3. The fraction of sp³-hybridized carbons (Fsp3) is 0.864. The monoisotopic (exact) mass is 445 g/mol. The standard InChI is InChI=1S/C22H44N4O5/c1-10-11-14-26(8,9)15-12-13-23-18(27)17(25-20(29)31-22(5,6)7)16-24-19(28)30-21(2,3)4/h17H,10-16H2,1-9H3,(H2-,23,24,25,27,28,29)/p+1. The number of rotatable bonds is 11. The lowest BCUT2D eigenvalue weighted by Crippen LogP contribution is -2.54. The molecule has 0 aliphatic heterocycles. The van der Waals surface area contributed by atoms with Crippen molar-refractivity contribution < 1.29 is 28.3 Å². The van der Waals surface area contributed by atoms with Crippen LogP contribution in [0.2, 0.25) is 0 Å². The number of ether oxygens (including phenoxy) is 2. The highest BCUT2D eigenvalue weighted by molar-refractivity contribution is 5.86. The van der Waals surface area contributed by atoms with Gasteiger partial charge in [0.1, 0.15) is 17.2 Å². The van der Waals surface area contributed by atoms with Gasteiger partial charge in [-0.1, -0.05) is 13.3 Å². The summed E-state index contributed by atoms with van der Waals surface area (Å²) in [6.45, 7) is 15.0. The topological polar surface area (TPSA) is 106 Å². The number of carbonyl (C=O) groups is 3. The van der Waals surface area contributed by atoms with E-state index >= 15 is 0 Å². The zero-order chi connectivity index (χ0) is 24.3. The quantitative estimate of drug-likeness (QED) is 0.335. The van der Waals surface area contributed by atoms with Gasteiger partial charge in [-0.2, -0.15) is 0 Å². The van der Waals surface area contributed by atoms with Gasteiger partial charge in [0.2, 0.25) is 5.91 Å². The highest BCUT2D eigenvalue weighted by Gasteiger charge is 2.26. The van der Waals surface area contributed by atoms with E-state index in [0.717, 1.165) is 36.8 Å². The first-order chi connectivity index (χ1) is 14.0. The zero-order valence-corrected chi connectivity index (χ0v) is 21.0. The van der Waals surface area contributed by atoms with Gasteiger partial charge in [0, 0.05) is 13.0 Å². The summed E-state index contributed by atoms with van der Waals surface area (Å²) in [6.07, 6.45) is 1.74. The van der Waals surface area contributed by atoms with E-state index in [4.69, 9.17) is 9.47 Å². The second kappa shape index (κ2) is 12.7. The van der Waals surface area contributed by atoms with Crippen molar-refractivity contribution in [2.24, 2.45) is 0 Å². The molecule has 0 saturated carbocycles. The fourth-order valence-corrected chi connectivity index (χ4v) is 2.70. The Balaban J connectivity index is 4.80. The number of hydrogen-bond acceptors (Lipinski definition) is 5. The average Bonchev–Trinajstić information content (AvgIpc) is 2.57. The maximum atomic E-state index is 12.7. The number of amides is 3. The summed E-state index contributed by atoms with van der Waals surface area (Å²) in [7, 11) is 4.35. The number of carbonyl (C=O) groups excluding carboxylic acids is 3. The molecule has 0 aromatic heterocycles. The summed E-state index contributed by atoms with van der Waals surface area (Å²) >= 11 is 0. The predicted molar refractivity (Wildman–Crippen MR) is 122 cm³/mol. The van der Waals surface area contributed by atoms with E-state index in [1.165, 1.54) is 0 Å². The molecule has 0 saturated heterocycles. The van der Waals surface area contributed by atoms with Gasteiger partial charge in [-0.25, -0.2) is 9.59 Å². The molecular formula is C22H45N4O5+. The van der Waals surface area contributed by atoms with E-state index in [2.05, 4.69) is 37.0 Å². The van der Waals surface area contributed by atoms with Gasteiger partial charge in [-0.05, 0) is 48.0 Å². The van der Waals surface area contributed by atoms with Crippen LogP contribution in [0.15, 0.2) is 0 Å². The van der Waals surface area contributed by atoms with Crippen LogP contribution in [0.25, 0.3) is 0 Å². The van der Waals surface area contributed by atoms with Crippen LogP contribution in [0.4, 0.5) is 9.59 Å². The Morgan fingerprint density at radius 1 is 0.839 bits per heavy atom. The van der Waals surface area contributed by atoms with Gasteiger partial charge in [0.25, 0.3) is 0 Å². The molecule has 31 heavy (non-hydrogen) atoms. The molecule has 0 rings (SSSR count). The number of unbranched alkanes of at least 4 members (excludes halogenated alkanes) is 1. The van der Waals surface area contributed by atoms with E-state index in [9.17, 15) is 14.4 Å². The summed E-state index contributed by atoms with van der Waals surface area (Å²) in [4.78, 5) is 36.8. The molecular weight excluding hydrogens is 400 g/mol. The van der Waals surface area contributed by atoms with Gasteiger partial charge in [0.05, 0.1) is 33.7 Å². The van der Waals surface area contributed by atoms with Crippen molar-refractivity contribution >= 4 is 18.1 Å². The molecule has 0 aliphatic rings. The van der Waals surface area contributed by atoms with Crippen molar-refractivity contribution in [2.45, 2.75) is 85.0 Å². The molecule has 0 bridgehead atoms. The van der Waals surface area contributed by atoms with Crippen LogP contribution >= 0.6 is 0 Å². The lowest BCUT2D eigenvalue weighted by atomic mass is 10.2. The second-order valence-electron chi connectivity index (χ2n) is 10.5. The second-order valence-corrected chi connectivity index (χ2v) is 10.5. The van der Waals surface area contributed by atoms with Crippen LogP contribution in [0.5, 0.6) is 0 Å². The Bertz CT molecular complexity index is 579. The first-order valence-electron chi connectivity index (χ1n) is 11.1. The molecule has 0 radical (unpaired) electrons. The summed E-state index contributed by atoms with van der Waals surface area (Å²) in [5, 5.41) is 7.90. The maximum absolute atomic E-state index is 12.7. The van der Waals surface area contributed by atoms with Gasteiger partial charge < -0.3 is 29.9 Å². The molecule has 9 heteroatoms. The van der Waals surface area contributed by atoms with Gasteiger partial charge in [0.15, 0.2) is 0 Å². The van der Waals surface area contributed by atoms with E-state index in [-0.39, 0.29) is 12.5 Å². The normalized spacial score (nSPS) is 13.2. The molecule has 0 aromatic rings. The van der Waals surface area contributed by atoms with Gasteiger partial charge in [-0.15, -0.1) is 0 Å². The fourth-order valence-electron chi connectivity index (χ4n) is 2.70. The molecule has 182 valence electrons. The third-order valence-corrected chi connectivity index (χ3v) is 4.21. The third-order valence-electron chi connectivity index (χ3n) is 4.21. The van der Waals surface area contributed by atoms with Crippen molar-refractivity contribution in [3.8, 4) is 0 Å². The molecule has 0 heterocycles. The minimum Gasteiger partial charge on any atom is -0.444 e. The number of quaternary nitrogens is 1. The minimum absolute atomic E-state index is 0.113. The van der Waals surface area contributed by atoms with Crippen LogP contribution in [0.1, 0.15) is 67.7 Å². The Morgan fingerprint density at radius 3 is 1.87 bits per heavy atom. The average molecular weight is 446 g/mol. The van der Waals surface area contributed by atoms with Crippen LogP contribution in [0.3, 0.4) is 0 Å². The zero-order valence-electron chi connectivity index (χ0n) is 21.0. The number of hydrogen-bond donors (Lipinski definition) is 3. The minimum atomic E-state index is -0.982. The largest absolute Gasteiger partial charge is 0.444 e. The Morgan fingerprint density at radius 2 is 1.35 bits per heavy atom. The lowest BCUT2D eigenvalue weighted by molar-refractivity contribution is -0.890. The maximum Gasteiger partial charge on any atom is 0.408 e. The molecule has 1 atom stereocenters. The first kappa shape index (κ1) is 29.0. The number of nitrogens with one attached hydrogen (secondary N) is 3. The SMILES string of the molecule is CCCC[N+](C)(C)CCCNC(=O)C(CNC(=O)OC(C)(C)C)NC(=O)OC(C)(C)C. The van der Waals surface area contributed by atoms with Gasteiger partial charge >= 0.3 is 12.2 Å². The van der Waals surface area contributed by atoms with Crippen LogP contribution in [-0.4, -0.2) is 80.1 Å². The molecule has 0 spiro atoms. The van der Waals surface area contributed by atoms with E-state index < -0.39 is 29.4 Å². The highest BCUT2D eigenvalue weighted by Crippen LogP contribution is 2.08. The van der Waals surface area contributed by atoms with Gasteiger partial charge in [-0.3, -0.25) is 4.79 Å². The Kier molecular flexibility index (Phi) is 11.9. The number of nitrogens with zero attached hydrogens (tertiary/aromatic N) is 1. The number of alkyl carbamates (subject to hydrolysis) is 2. The Hall–Kier alpha value is -2.03. The van der Waals surface area contributed by atoms with Crippen molar-refractivity contribution in [2.75, 3.05) is 40.3 Å². The van der Waals surface area contributed by atoms with Crippen molar-refractivity contribution in [1.29, 1.82) is 0 Å². The molecule has 0 fully saturated rings. The van der Waals surface area contributed by atoms with Crippen LogP contribution in [-0.2, 0) is 14.3 Å². The summed E-state index contributed by atoms with van der Waals surface area (Å²) in [6, 6.07) is -0.982. The van der Waals surface area contributed by atoms with Crippen LogP contribution < -0.4 is 16.0 Å². The molecule has 9 nitrogen and oxygen atoms in total. The predicted octanol–water partition coefficient (Wildman–Crippen LogP) is 2.79. The van der Waals surface area contributed by atoms with E-state index in [1.54, 1.807) is 41.5 Å². The van der Waals surface area contributed by atoms with E-state index in [1.807, 2.05) is 0 Å². The smallest absolute Gasteiger partial charge is 0.408 e.